The smallest absolute Gasteiger partial charge is 0.00104 e. The van der Waals surface area contributed by atoms with Crippen molar-refractivity contribution in [3.05, 3.63) is 0 Å². The molecule has 0 bridgehead atoms. The summed E-state index contributed by atoms with van der Waals surface area (Å²) in [5.41, 5.74) is 1.05. The van der Waals surface area contributed by atoms with E-state index in [1.807, 2.05) is 0 Å². The fourth-order valence-corrected chi connectivity index (χ4v) is 2.65. The van der Waals surface area contributed by atoms with Gasteiger partial charge in [0, 0.05) is 6.54 Å². The third kappa shape index (κ3) is 7.94. The zero-order valence-corrected chi connectivity index (χ0v) is 15.0. The van der Waals surface area contributed by atoms with E-state index >= 15 is 0 Å². The Labute approximate surface area is 122 Å². The van der Waals surface area contributed by atoms with E-state index in [1.54, 1.807) is 0 Å². The van der Waals surface area contributed by atoms with Gasteiger partial charge in [-0.15, -0.1) is 0 Å². The highest BCUT2D eigenvalue weighted by Crippen LogP contribution is 2.45. The van der Waals surface area contributed by atoms with Crippen molar-refractivity contribution in [1.82, 2.24) is 10.2 Å². The summed E-state index contributed by atoms with van der Waals surface area (Å²) in [6.45, 7) is 20.0. The van der Waals surface area contributed by atoms with E-state index in [-0.39, 0.29) is 0 Å². The molecule has 0 rings (SSSR count). The van der Waals surface area contributed by atoms with Gasteiger partial charge in [-0.1, -0.05) is 48.5 Å². The van der Waals surface area contributed by atoms with Gasteiger partial charge in [-0.2, -0.15) is 0 Å². The molecule has 1 unspecified atom stereocenters. The second kappa shape index (κ2) is 7.08. The van der Waals surface area contributed by atoms with Crippen LogP contribution in [0.15, 0.2) is 0 Å². The average Bonchev–Trinajstić information content (AvgIpc) is 2.11. The molecule has 2 heteroatoms. The quantitative estimate of drug-likeness (QED) is 0.703. The summed E-state index contributed by atoms with van der Waals surface area (Å²) in [7, 11) is 4.28. The second-order valence-electron chi connectivity index (χ2n) is 8.88. The van der Waals surface area contributed by atoms with Crippen LogP contribution in [-0.4, -0.2) is 38.6 Å². The van der Waals surface area contributed by atoms with E-state index in [0.717, 1.165) is 13.1 Å². The summed E-state index contributed by atoms with van der Waals surface area (Å²) in [6, 6.07) is 0. The van der Waals surface area contributed by atoms with Crippen LogP contribution < -0.4 is 5.32 Å². The summed E-state index contributed by atoms with van der Waals surface area (Å²) in [5, 5.41) is 3.68. The van der Waals surface area contributed by atoms with Crippen LogP contribution in [0.2, 0.25) is 0 Å². The Morgan fingerprint density at radius 1 is 0.895 bits per heavy atom. The van der Waals surface area contributed by atoms with Gasteiger partial charge in [0.2, 0.25) is 0 Å². The largest absolute Gasteiger partial charge is 0.316 e. The summed E-state index contributed by atoms with van der Waals surface area (Å²) < 4.78 is 0. The Morgan fingerprint density at radius 2 is 1.42 bits per heavy atom. The van der Waals surface area contributed by atoms with E-state index in [4.69, 9.17) is 0 Å². The van der Waals surface area contributed by atoms with Crippen molar-refractivity contribution in [1.29, 1.82) is 0 Å². The van der Waals surface area contributed by atoms with Crippen LogP contribution in [0, 0.1) is 16.2 Å². The van der Waals surface area contributed by atoms with Crippen molar-refractivity contribution in [2.75, 3.05) is 33.7 Å². The van der Waals surface area contributed by atoms with Crippen LogP contribution >= 0.6 is 0 Å². The fourth-order valence-electron chi connectivity index (χ4n) is 2.65. The van der Waals surface area contributed by atoms with Gasteiger partial charge in [0.25, 0.3) is 0 Å². The Kier molecular flexibility index (Phi) is 7.05. The van der Waals surface area contributed by atoms with Gasteiger partial charge >= 0.3 is 0 Å². The first-order valence-electron chi connectivity index (χ1n) is 7.73. The lowest BCUT2D eigenvalue weighted by Crippen LogP contribution is -2.44. The molecule has 1 atom stereocenters. The van der Waals surface area contributed by atoms with Crippen molar-refractivity contribution in [2.45, 2.75) is 61.3 Å². The maximum Gasteiger partial charge on any atom is 0.00104 e. The lowest BCUT2D eigenvalue weighted by molar-refractivity contribution is 0.0540. The van der Waals surface area contributed by atoms with Crippen molar-refractivity contribution >= 4 is 0 Å². The first-order valence-corrected chi connectivity index (χ1v) is 7.73. The Balaban J connectivity index is 4.38. The minimum Gasteiger partial charge on any atom is -0.316 e. The van der Waals surface area contributed by atoms with Crippen LogP contribution in [0.1, 0.15) is 61.3 Å². The molecule has 0 amide bonds. The van der Waals surface area contributed by atoms with E-state index in [2.05, 4.69) is 72.8 Å². The molecule has 0 aliphatic rings. The third-order valence-electron chi connectivity index (χ3n) is 4.21. The molecule has 0 aromatic heterocycles. The molecular formula is C17H38N2. The molecule has 0 fully saturated rings. The van der Waals surface area contributed by atoms with Gasteiger partial charge in [-0.05, 0) is 56.3 Å². The first-order chi connectivity index (χ1) is 8.37. The topological polar surface area (TPSA) is 15.3 Å². The van der Waals surface area contributed by atoms with Crippen molar-refractivity contribution in [3.63, 3.8) is 0 Å². The summed E-state index contributed by atoms with van der Waals surface area (Å²) in [4.78, 5) is 2.25. The van der Waals surface area contributed by atoms with Crippen molar-refractivity contribution < 1.29 is 0 Å². The van der Waals surface area contributed by atoms with Crippen molar-refractivity contribution in [2.24, 2.45) is 16.2 Å². The average molecular weight is 271 g/mol. The van der Waals surface area contributed by atoms with Crippen LogP contribution in [0.3, 0.4) is 0 Å². The highest BCUT2D eigenvalue weighted by Gasteiger charge is 2.39. The highest BCUT2D eigenvalue weighted by atomic mass is 15.1. The van der Waals surface area contributed by atoms with E-state index in [1.165, 1.54) is 19.4 Å². The van der Waals surface area contributed by atoms with Crippen LogP contribution in [0.4, 0.5) is 0 Å². The second-order valence-corrected chi connectivity index (χ2v) is 8.88. The SMILES string of the molecule is CN(C)CCCNCC(C)(CC(C)(C)C)C(C)(C)C. The predicted molar refractivity (Wildman–Crippen MR) is 87.7 cm³/mol. The number of hydrogen-bond acceptors (Lipinski definition) is 2. The standard InChI is InChI=1S/C17H38N2/c1-15(2,3)13-17(7,16(4,5)6)14-18-11-10-12-19(8)9/h18H,10-14H2,1-9H3. The van der Waals surface area contributed by atoms with Crippen LogP contribution in [-0.2, 0) is 0 Å². The molecule has 0 aromatic rings. The number of nitrogens with one attached hydrogen (secondary N) is 1. The maximum absolute atomic E-state index is 3.68. The molecule has 0 saturated heterocycles. The van der Waals surface area contributed by atoms with Crippen LogP contribution in [0.5, 0.6) is 0 Å². The summed E-state index contributed by atoms with van der Waals surface area (Å²) >= 11 is 0. The minimum absolute atomic E-state index is 0.328. The molecule has 0 radical (unpaired) electrons. The molecule has 0 aromatic carbocycles. The van der Waals surface area contributed by atoms with Gasteiger partial charge in [0.15, 0.2) is 0 Å². The zero-order chi connectivity index (χ0) is 15.3. The molecule has 0 heterocycles. The van der Waals surface area contributed by atoms with Gasteiger partial charge in [0.05, 0.1) is 0 Å². The van der Waals surface area contributed by atoms with E-state index in [0.29, 0.717) is 16.2 Å². The number of nitrogens with zero attached hydrogens (tertiary/aromatic N) is 1. The maximum atomic E-state index is 3.68. The molecule has 1 N–H and O–H groups in total. The number of rotatable bonds is 7. The van der Waals surface area contributed by atoms with Gasteiger partial charge < -0.3 is 10.2 Å². The molecule has 19 heavy (non-hydrogen) atoms. The van der Waals surface area contributed by atoms with Gasteiger partial charge in [0.1, 0.15) is 0 Å². The molecular weight excluding hydrogens is 232 g/mol. The highest BCUT2D eigenvalue weighted by molar-refractivity contribution is 4.91. The zero-order valence-electron chi connectivity index (χ0n) is 15.0. The Morgan fingerprint density at radius 3 is 1.79 bits per heavy atom. The molecule has 116 valence electrons. The first kappa shape index (κ1) is 18.9. The third-order valence-corrected chi connectivity index (χ3v) is 4.21. The minimum atomic E-state index is 0.328. The normalized spacial score (nSPS) is 16.7. The molecule has 0 saturated carbocycles. The lowest BCUT2D eigenvalue weighted by atomic mass is 9.61. The summed E-state index contributed by atoms with van der Waals surface area (Å²) in [6.07, 6.45) is 2.48. The number of hydrogen-bond donors (Lipinski definition) is 1. The monoisotopic (exact) mass is 270 g/mol. The molecule has 0 spiro atoms. The molecule has 2 nitrogen and oxygen atoms in total. The van der Waals surface area contributed by atoms with E-state index in [9.17, 15) is 0 Å². The van der Waals surface area contributed by atoms with E-state index < -0.39 is 0 Å². The van der Waals surface area contributed by atoms with Crippen LogP contribution in [0.25, 0.3) is 0 Å². The summed E-state index contributed by atoms with van der Waals surface area (Å²) in [5.74, 6) is 0. The molecule has 0 aliphatic heterocycles. The Hall–Kier alpha value is -0.0800. The predicted octanol–water partition coefficient (Wildman–Crippen LogP) is 4.02. The Bertz CT molecular complexity index is 245. The fraction of sp³-hybridized carbons (Fsp3) is 1.00. The van der Waals surface area contributed by atoms with Gasteiger partial charge in [-0.25, -0.2) is 0 Å². The molecule has 0 aliphatic carbocycles. The van der Waals surface area contributed by atoms with Gasteiger partial charge in [-0.3, -0.25) is 0 Å². The van der Waals surface area contributed by atoms with Crippen molar-refractivity contribution in [3.8, 4) is 0 Å². The lowest BCUT2D eigenvalue weighted by Gasteiger charge is -2.46.